The molecule has 14 heteroatoms. The highest BCUT2D eigenvalue weighted by atomic mass is 35.5. The van der Waals surface area contributed by atoms with Crippen molar-refractivity contribution in [2.45, 2.75) is 10.9 Å². The van der Waals surface area contributed by atoms with E-state index in [1.54, 1.807) is 12.1 Å². The predicted octanol–water partition coefficient (Wildman–Crippen LogP) is 3.63. The van der Waals surface area contributed by atoms with Crippen molar-refractivity contribution in [1.29, 1.82) is 0 Å². The molecule has 0 atom stereocenters. The summed E-state index contributed by atoms with van der Waals surface area (Å²) in [5.74, 6) is -0.177. The number of carbonyl (C=O) groups is 1. The highest BCUT2D eigenvalue weighted by Crippen LogP contribution is 2.24. The molecule has 164 valence electrons. The van der Waals surface area contributed by atoms with E-state index in [4.69, 9.17) is 27.7 Å². The maximum Gasteiger partial charge on any atom is 0.270 e. The highest BCUT2D eigenvalue weighted by molar-refractivity contribution is 7.91. The molecule has 4 aromatic rings. The number of benzene rings is 2. The first-order chi connectivity index (χ1) is 15.3. The first-order valence-corrected chi connectivity index (χ1v) is 11.8. The molecule has 32 heavy (non-hydrogen) atoms. The SMILES string of the molecule is O=C(Nc1nnc(S(=O)(=O)NCc2nc(-c3ccccc3)no2)s1)c1ccc(Cl)cc1Cl. The molecule has 1 amide bonds. The quantitative estimate of drug-likeness (QED) is 0.359. The predicted molar refractivity (Wildman–Crippen MR) is 118 cm³/mol. The van der Waals surface area contributed by atoms with Gasteiger partial charge in [0, 0.05) is 10.6 Å². The molecule has 2 aromatic carbocycles. The third-order valence-electron chi connectivity index (χ3n) is 3.95. The first-order valence-electron chi connectivity index (χ1n) is 8.79. The fourth-order valence-electron chi connectivity index (χ4n) is 2.46. The summed E-state index contributed by atoms with van der Waals surface area (Å²) < 4.78 is 32.0. The molecule has 2 heterocycles. The van der Waals surface area contributed by atoms with E-state index >= 15 is 0 Å². The molecule has 0 saturated carbocycles. The number of halogens is 2. The minimum Gasteiger partial charge on any atom is -0.338 e. The van der Waals surface area contributed by atoms with E-state index in [0.717, 1.165) is 5.56 Å². The lowest BCUT2D eigenvalue weighted by Crippen LogP contribution is -2.23. The van der Waals surface area contributed by atoms with Gasteiger partial charge in [0.25, 0.3) is 15.9 Å². The zero-order chi connectivity index (χ0) is 22.7. The van der Waals surface area contributed by atoms with E-state index in [2.05, 4.69) is 30.4 Å². The van der Waals surface area contributed by atoms with Crippen LogP contribution in [0.5, 0.6) is 0 Å². The topological polar surface area (TPSA) is 140 Å². The van der Waals surface area contributed by atoms with Crippen LogP contribution in [0.2, 0.25) is 10.0 Å². The third kappa shape index (κ3) is 5.11. The van der Waals surface area contributed by atoms with E-state index < -0.39 is 15.9 Å². The number of hydrogen-bond acceptors (Lipinski definition) is 9. The summed E-state index contributed by atoms with van der Waals surface area (Å²) >= 11 is 12.5. The molecule has 0 radical (unpaired) electrons. The van der Waals surface area contributed by atoms with Gasteiger partial charge in [-0.2, -0.15) is 9.71 Å². The molecule has 2 aromatic heterocycles. The van der Waals surface area contributed by atoms with Crippen molar-refractivity contribution in [3.05, 3.63) is 70.0 Å². The van der Waals surface area contributed by atoms with Crippen LogP contribution in [0, 0.1) is 0 Å². The smallest absolute Gasteiger partial charge is 0.270 e. The summed E-state index contributed by atoms with van der Waals surface area (Å²) in [6, 6.07) is 13.4. The Morgan fingerprint density at radius 2 is 1.88 bits per heavy atom. The summed E-state index contributed by atoms with van der Waals surface area (Å²) in [5, 5.41) is 14.1. The van der Waals surface area contributed by atoms with Crippen LogP contribution < -0.4 is 10.0 Å². The Hall–Kier alpha value is -2.90. The van der Waals surface area contributed by atoms with Gasteiger partial charge in [0.05, 0.1) is 17.1 Å². The lowest BCUT2D eigenvalue weighted by Gasteiger charge is -2.03. The molecule has 0 aliphatic rings. The summed E-state index contributed by atoms with van der Waals surface area (Å²) in [6.07, 6.45) is 0. The van der Waals surface area contributed by atoms with Gasteiger partial charge in [-0.3, -0.25) is 10.1 Å². The molecular weight excluding hydrogens is 499 g/mol. The second kappa shape index (κ2) is 9.30. The summed E-state index contributed by atoms with van der Waals surface area (Å²) in [6.45, 7) is -0.246. The van der Waals surface area contributed by atoms with Gasteiger partial charge in [0.2, 0.25) is 21.2 Å². The molecule has 2 N–H and O–H groups in total. The van der Waals surface area contributed by atoms with Gasteiger partial charge >= 0.3 is 0 Å². The van der Waals surface area contributed by atoms with Crippen LogP contribution in [-0.4, -0.2) is 34.7 Å². The minimum atomic E-state index is -4.03. The standard InChI is InChI=1S/C18H12Cl2N6O4S2/c19-11-6-7-12(13(20)8-11)16(27)23-17-24-25-18(31-17)32(28,29)21-9-14-22-15(26-30-14)10-4-2-1-3-5-10/h1-8,21H,9H2,(H,23,24,27). The summed E-state index contributed by atoms with van der Waals surface area (Å²) in [4.78, 5) is 16.5. The Labute approximate surface area is 195 Å². The first kappa shape index (κ1) is 22.3. The van der Waals surface area contributed by atoms with Gasteiger partial charge in [-0.05, 0) is 18.2 Å². The number of carbonyl (C=O) groups excluding carboxylic acids is 1. The second-order valence-corrected chi connectivity index (χ2v) is 9.92. The third-order valence-corrected chi connectivity index (χ3v) is 7.10. The molecule has 0 fully saturated rings. The van der Waals surface area contributed by atoms with Crippen LogP contribution in [0.25, 0.3) is 11.4 Å². The van der Waals surface area contributed by atoms with Crippen LogP contribution in [0.1, 0.15) is 16.2 Å². The van der Waals surface area contributed by atoms with Crippen LogP contribution >= 0.6 is 34.5 Å². The van der Waals surface area contributed by atoms with Crippen LogP contribution in [0.4, 0.5) is 5.13 Å². The lowest BCUT2D eigenvalue weighted by molar-refractivity contribution is 0.102. The monoisotopic (exact) mass is 510 g/mol. The van der Waals surface area contributed by atoms with Crippen molar-refractivity contribution < 1.29 is 17.7 Å². The fourth-order valence-corrected chi connectivity index (χ4v) is 4.86. The molecule has 0 bridgehead atoms. The van der Waals surface area contributed by atoms with Gasteiger partial charge in [-0.25, -0.2) is 8.42 Å². The molecule has 0 aliphatic heterocycles. The van der Waals surface area contributed by atoms with Crippen molar-refractivity contribution in [2.24, 2.45) is 0 Å². The average molecular weight is 511 g/mol. The van der Waals surface area contributed by atoms with Crippen LogP contribution in [0.15, 0.2) is 57.4 Å². The normalized spacial score (nSPS) is 11.4. The Kier molecular flexibility index (Phi) is 6.48. The Morgan fingerprint density at radius 1 is 1.09 bits per heavy atom. The zero-order valence-electron chi connectivity index (χ0n) is 15.8. The van der Waals surface area contributed by atoms with Crippen LogP contribution in [-0.2, 0) is 16.6 Å². The van der Waals surface area contributed by atoms with Crippen molar-refractivity contribution in [1.82, 2.24) is 25.1 Å². The van der Waals surface area contributed by atoms with Gasteiger partial charge < -0.3 is 4.52 Å². The van der Waals surface area contributed by atoms with E-state index in [9.17, 15) is 13.2 Å². The number of rotatable bonds is 7. The molecule has 0 saturated heterocycles. The van der Waals surface area contributed by atoms with Crippen LogP contribution in [0.3, 0.4) is 0 Å². The number of nitrogens with one attached hydrogen (secondary N) is 2. The number of hydrogen-bond donors (Lipinski definition) is 2. The summed E-state index contributed by atoms with van der Waals surface area (Å²) in [7, 11) is -4.03. The Morgan fingerprint density at radius 3 is 2.62 bits per heavy atom. The average Bonchev–Trinajstić information content (AvgIpc) is 3.43. The van der Waals surface area contributed by atoms with Crippen molar-refractivity contribution in [3.8, 4) is 11.4 Å². The van der Waals surface area contributed by atoms with E-state index in [0.29, 0.717) is 22.2 Å². The zero-order valence-corrected chi connectivity index (χ0v) is 19.0. The van der Waals surface area contributed by atoms with Gasteiger partial charge in [0.15, 0.2) is 0 Å². The summed E-state index contributed by atoms with van der Waals surface area (Å²) in [5.41, 5.74) is 0.884. The highest BCUT2D eigenvalue weighted by Gasteiger charge is 2.22. The Balaban J connectivity index is 1.41. The Bertz CT molecular complexity index is 1380. The van der Waals surface area contributed by atoms with Gasteiger partial charge in [0.1, 0.15) is 0 Å². The van der Waals surface area contributed by atoms with E-state index in [1.165, 1.54) is 18.2 Å². The minimum absolute atomic E-state index is 0.0226. The van der Waals surface area contributed by atoms with Crippen molar-refractivity contribution in [3.63, 3.8) is 0 Å². The number of sulfonamides is 1. The largest absolute Gasteiger partial charge is 0.338 e. The van der Waals surface area contributed by atoms with E-state index in [1.807, 2.05) is 18.2 Å². The maximum absolute atomic E-state index is 12.5. The number of anilines is 1. The molecule has 4 rings (SSSR count). The number of aromatic nitrogens is 4. The van der Waals surface area contributed by atoms with Gasteiger partial charge in [-0.1, -0.05) is 70.0 Å². The van der Waals surface area contributed by atoms with Gasteiger partial charge in [-0.15, -0.1) is 10.2 Å². The number of nitrogens with zero attached hydrogens (tertiary/aromatic N) is 4. The van der Waals surface area contributed by atoms with Crippen molar-refractivity contribution in [2.75, 3.05) is 5.32 Å². The lowest BCUT2D eigenvalue weighted by atomic mass is 10.2. The molecule has 0 aliphatic carbocycles. The number of amides is 1. The molecule has 0 spiro atoms. The fraction of sp³-hybridized carbons (Fsp3) is 0.0556. The second-order valence-electron chi connectivity index (χ2n) is 6.15. The maximum atomic E-state index is 12.5. The van der Waals surface area contributed by atoms with E-state index in [-0.39, 0.29) is 32.5 Å². The van der Waals surface area contributed by atoms with Crippen molar-refractivity contribution >= 4 is 55.6 Å². The molecule has 0 unspecified atom stereocenters. The molecule has 10 nitrogen and oxygen atoms in total. The molecular formula is C18H12Cl2N6O4S2.